The van der Waals surface area contributed by atoms with Gasteiger partial charge in [0.15, 0.2) is 0 Å². The Hall–Kier alpha value is -0.110. The molecule has 108 valence electrons. The maximum absolute atomic E-state index is 12.7. The SMILES string of the molecule is CCCN(C(C)C)S(=O)(=O)c1c(N)cc(Br)cc1Br. The monoisotopic (exact) mass is 412 g/mol. The molecule has 0 saturated carbocycles. The summed E-state index contributed by atoms with van der Waals surface area (Å²) in [5, 5.41) is 0. The van der Waals surface area contributed by atoms with Crippen LogP contribution in [0.2, 0.25) is 0 Å². The molecule has 0 aliphatic rings. The molecule has 0 spiro atoms. The van der Waals surface area contributed by atoms with Gasteiger partial charge in [0.25, 0.3) is 0 Å². The van der Waals surface area contributed by atoms with Gasteiger partial charge >= 0.3 is 0 Å². The van der Waals surface area contributed by atoms with Gasteiger partial charge in [0.1, 0.15) is 4.90 Å². The van der Waals surface area contributed by atoms with Crippen LogP contribution in [0.5, 0.6) is 0 Å². The second-order valence-corrected chi connectivity index (χ2v) is 8.11. The molecule has 0 aliphatic carbocycles. The molecular formula is C12H18Br2N2O2S. The number of anilines is 1. The molecule has 0 aliphatic heterocycles. The summed E-state index contributed by atoms with van der Waals surface area (Å²) in [7, 11) is -3.60. The summed E-state index contributed by atoms with van der Waals surface area (Å²) in [6.07, 6.45) is 0.755. The maximum Gasteiger partial charge on any atom is 0.246 e. The quantitative estimate of drug-likeness (QED) is 0.750. The van der Waals surface area contributed by atoms with Gasteiger partial charge < -0.3 is 5.73 Å². The predicted molar refractivity (Wildman–Crippen MR) is 85.6 cm³/mol. The summed E-state index contributed by atoms with van der Waals surface area (Å²) in [6.45, 7) is 6.14. The minimum atomic E-state index is -3.60. The summed E-state index contributed by atoms with van der Waals surface area (Å²) in [4.78, 5) is 0.137. The number of rotatable bonds is 5. The Bertz CT molecular complexity index is 536. The molecular weight excluding hydrogens is 396 g/mol. The lowest BCUT2D eigenvalue weighted by Crippen LogP contribution is -2.38. The van der Waals surface area contributed by atoms with Gasteiger partial charge in [0, 0.05) is 21.5 Å². The highest BCUT2D eigenvalue weighted by Gasteiger charge is 2.30. The van der Waals surface area contributed by atoms with Crippen molar-refractivity contribution in [1.82, 2.24) is 4.31 Å². The molecule has 4 nitrogen and oxygen atoms in total. The molecule has 7 heteroatoms. The van der Waals surface area contributed by atoms with Crippen LogP contribution < -0.4 is 5.73 Å². The predicted octanol–water partition coefficient (Wildman–Crippen LogP) is 3.60. The summed E-state index contributed by atoms with van der Waals surface area (Å²) in [5.74, 6) is 0. The zero-order valence-electron chi connectivity index (χ0n) is 11.2. The molecule has 2 N–H and O–H groups in total. The normalized spacial score (nSPS) is 12.4. The van der Waals surface area contributed by atoms with Crippen molar-refractivity contribution in [2.24, 2.45) is 0 Å². The van der Waals surface area contributed by atoms with Crippen LogP contribution in [0, 0.1) is 0 Å². The average molecular weight is 414 g/mol. The Morgan fingerprint density at radius 1 is 1.32 bits per heavy atom. The summed E-state index contributed by atoms with van der Waals surface area (Å²) < 4.78 is 28.1. The standard InChI is InChI=1S/C12H18Br2N2O2S/c1-4-5-16(8(2)3)19(17,18)12-10(14)6-9(13)7-11(12)15/h6-8H,4-5,15H2,1-3H3. The summed E-state index contributed by atoms with van der Waals surface area (Å²) in [5.41, 5.74) is 6.12. The van der Waals surface area contributed by atoms with E-state index < -0.39 is 10.0 Å². The van der Waals surface area contributed by atoms with E-state index in [2.05, 4.69) is 31.9 Å². The van der Waals surface area contributed by atoms with Crippen molar-refractivity contribution in [3.8, 4) is 0 Å². The fourth-order valence-corrected chi connectivity index (χ4v) is 5.59. The molecule has 0 radical (unpaired) electrons. The van der Waals surface area contributed by atoms with Crippen LogP contribution in [-0.4, -0.2) is 25.3 Å². The highest BCUT2D eigenvalue weighted by atomic mass is 79.9. The molecule has 0 saturated heterocycles. The lowest BCUT2D eigenvalue weighted by atomic mass is 10.3. The lowest BCUT2D eigenvalue weighted by molar-refractivity contribution is 0.354. The number of nitrogens with two attached hydrogens (primary N) is 1. The zero-order valence-corrected chi connectivity index (χ0v) is 15.1. The molecule has 1 aromatic rings. The number of hydrogen-bond donors (Lipinski definition) is 1. The third kappa shape index (κ3) is 3.71. The topological polar surface area (TPSA) is 63.4 Å². The van der Waals surface area contributed by atoms with Crippen molar-refractivity contribution < 1.29 is 8.42 Å². The molecule has 0 unspecified atom stereocenters. The van der Waals surface area contributed by atoms with E-state index in [-0.39, 0.29) is 16.6 Å². The van der Waals surface area contributed by atoms with Crippen molar-refractivity contribution in [3.05, 3.63) is 21.1 Å². The van der Waals surface area contributed by atoms with Crippen LogP contribution >= 0.6 is 31.9 Å². The Labute approximate surface area is 131 Å². The van der Waals surface area contributed by atoms with Crippen LogP contribution in [0.15, 0.2) is 26.0 Å². The van der Waals surface area contributed by atoms with E-state index in [4.69, 9.17) is 5.73 Å². The summed E-state index contributed by atoms with van der Waals surface area (Å²) in [6, 6.07) is 3.18. The van der Waals surface area contributed by atoms with E-state index >= 15 is 0 Å². The minimum absolute atomic E-state index is 0.111. The van der Waals surface area contributed by atoms with E-state index in [9.17, 15) is 8.42 Å². The molecule has 1 rings (SSSR count). The molecule has 0 fully saturated rings. The van der Waals surface area contributed by atoms with Gasteiger partial charge in [-0.15, -0.1) is 0 Å². The maximum atomic E-state index is 12.7. The molecule has 0 bridgehead atoms. The first-order valence-corrected chi connectivity index (χ1v) is 9.00. The summed E-state index contributed by atoms with van der Waals surface area (Å²) >= 11 is 6.58. The third-order valence-electron chi connectivity index (χ3n) is 2.62. The second-order valence-electron chi connectivity index (χ2n) is 4.52. The fourth-order valence-electron chi connectivity index (χ4n) is 1.85. The van der Waals surface area contributed by atoms with Crippen molar-refractivity contribution in [3.63, 3.8) is 0 Å². The van der Waals surface area contributed by atoms with Crippen LogP contribution in [-0.2, 0) is 10.0 Å². The fraction of sp³-hybridized carbons (Fsp3) is 0.500. The highest BCUT2D eigenvalue weighted by molar-refractivity contribution is 9.11. The van der Waals surface area contributed by atoms with Crippen molar-refractivity contribution >= 4 is 47.6 Å². The van der Waals surface area contributed by atoms with Gasteiger partial charge in [0.2, 0.25) is 10.0 Å². The number of hydrogen-bond acceptors (Lipinski definition) is 3. The molecule has 0 aromatic heterocycles. The first-order valence-electron chi connectivity index (χ1n) is 5.98. The van der Waals surface area contributed by atoms with Gasteiger partial charge in [-0.2, -0.15) is 4.31 Å². The van der Waals surface area contributed by atoms with Gasteiger partial charge in [0.05, 0.1) is 5.69 Å². The van der Waals surface area contributed by atoms with E-state index in [1.54, 1.807) is 12.1 Å². The average Bonchev–Trinajstić information content (AvgIpc) is 2.22. The zero-order chi connectivity index (χ0) is 14.8. The van der Waals surface area contributed by atoms with Crippen molar-refractivity contribution in [1.29, 1.82) is 0 Å². The number of nitrogen functional groups attached to an aromatic ring is 1. The first kappa shape index (κ1) is 16.9. The van der Waals surface area contributed by atoms with Gasteiger partial charge in [-0.25, -0.2) is 8.42 Å². The Balaban J connectivity index is 3.42. The Morgan fingerprint density at radius 2 is 1.89 bits per heavy atom. The number of benzene rings is 1. The minimum Gasteiger partial charge on any atom is -0.398 e. The van der Waals surface area contributed by atoms with Crippen LogP contribution in [0.4, 0.5) is 5.69 Å². The van der Waals surface area contributed by atoms with Crippen LogP contribution in [0.3, 0.4) is 0 Å². The smallest absolute Gasteiger partial charge is 0.246 e. The number of nitrogens with zero attached hydrogens (tertiary/aromatic N) is 1. The second kappa shape index (κ2) is 6.56. The van der Waals surface area contributed by atoms with E-state index in [0.717, 1.165) is 10.9 Å². The molecule has 0 amide bonds. The number of sulfonamides is 1. The first-order chi connectivity index (χ1) is 8.71. The van der Waals surface area contributed by atoms with E-state index in [1.807, 2.05) is 20.8 Å². The largest absolute Gasteiger partial charge is 0.398 e. The van der Waals surface area contributed by atoms with Gasteiger partial charge in [-0.3, -0.25) is 0 Å². The molecule has 0 atom stereocenters. The van der Waals surface area contributed by atoms with Crippen molar-refractivity contribution in [2.75, 3.05) is 12.3 Å². The molecule has 19 heavy (non-hydrogen) atoms. The van der Waals surface area contributed by atoms with Crippen LogP contribution in [0.1, 0.15) is 27.2 Å². The number of halogens is 2. The van der Waals surface area contributed by atoms with E-state index in [0.29, 0.717) is 11.0 Å². The van der Waals surface area contributed by atoms with Crippen molar-refractivity contribution in [2.45, 2.75) is 38.1 Å². The van der Waals surface area contributed by atoms with Gasteiger partial charge in [-0.05, 0) is 48.3 Å². The van der Waals surface area contributed by atoms with Crippen LogP contribution in [0.25, 0.3) is 0 Å². The third-order valence-corrected chi connectivity index (χ3v) is 6.16. The molecule has 1 aromatic carbocycles. The van der Waals surface area contributed by atoms with E-state index in [1.165, 1.54) is 4.31 Å². The van der Waals surface area contributed by atoms with Gasteiger partial charge in [-0.1, -0.05) is 22.9 Å². The Kier molecular flexibility index (Phi) is 5.85. The molecule has 0 heterocycles. The Morgan fingerprint density at radius 3 is 2.32 bits per heavy atom. The highest BCUT2D eigenvalue weighted by Crippen LogP contribution is 2.34. The lowest BCUT2D eigenvalue weighted by Gasteiger charge is -2.26.